The Labute approximate surface area is 172 Å². The molecule has 0 bridgehead atoms. The second-order valence-electron chi connectivity index (χ2n) is 7.13. The largest absolute Gasteiger partial charge is 0.497 e. The molecule has 1 fully saturated rings. The fourth-order valence-electron chi connectivity index (χ4n) is 3.70. The minimum atomic E-state index is -3.63. The number of aromatic nitrogens is 2. The van der Waals surface area contributed by atoms with E-state index in [0.29, 0.717) is 31.0 Å². The van der Waals surface area contributed by atoms with Crippen LogP contribution in [0.2, 0.25) is 0 Å². The third-order valence-corrected chi connectivity index (χ3v) is 7.47. The molecule has 8 nitrogen and oxygen atoms in total. The summed E-state index contributed by atoms with van der Waals surface area (Å²) in [7, 11) is -2.03. The molecule has 1 saturated heterocycles. The molecule has 0 spiro atoms. The van der Waals surface area contributed by atoms with E-state index in [4.69, 9.17) is 4.74 Å². The summed E-state index contributed by atoms with van der Waals surface area (Å²) in [6.07, 6.45) is 0.290. The Kier molecular flexibility index (Phi) is 6.28. The molecule has 0 unspecified atom stereocenters. The van der Waals surface area contributed by atoms with Crippen molar-refractivity contribution < 1.29 is 17.9 Å². The molecule has 29 heavy (non-hydrogen) atoms. The molecule has 1 aliphatic rings. The first-order valence-electron chi connectivity index (χ1n) is 9.72. The van der Waals surface area contributed by atoms with Gasteiger partial charge in [0.15, 0.2) is 0 Å². The van der Waals surface area contributed by atoms with E-state index in [1.54, 1.807) is 30.5 Å². The number of piperazine rings is 1. The molecule has 2 aromatic rings. The third-order valence-electron chi connectivity index (χ3n) is 5.32. The van der Waals surface area contributed by atoms with Gasteiger partial charge in [0.05, 0.1) is 24.9 Å². The highest BCUT2D eigenvalue weighted by atomic mass is 32.2. The number of amides is 1. The second-order valence-corrected chi connectivity index (χ2v) is 9.00. The lowest BCUT2D eigenvalue weighted by Crippen LogP contribution is -2.51. The number of aryl methyl sites for hydroxylation is 2. The van der Waals surface area contributed by atoms with Gasteiger partial charge in [0.2, 0.25) is 15.9 Å². The van der Waals surface area contributed by atoms with Gasteiger partial charge in [0, 0.05) is 32.7 Å². The molecule has 1 aromatic carbocycles. The van der Waals surface area contributed by atoms with Gasteiger partial charge in [-0.1, -0.05) is 12.1 Å². The Bertz CT molecular complexity index is 975. The van der Waals surface area contributed by atoms with Crippen molar-refractivity contribution in [2.24, 2.45) is 0 Å². The van der Waals surface area contributed by atoms with Gasteiger partial charge in [-0.2, -0.15) is 9.40 Å². The maximum Gasteiger partial charge on any atom is 0.246 e. The van der Waals surface area contributed by atoms with Gasteiger partial charge in [0.1, 0.15) is 10.6 Å². The van der Waals surface area contributed by atoms with Crippen LogP contribution >= 0.6 is 0 Å². The number of carbonyl (C=O) groups is 1. The number of hydrogen-bond acceptors (Lipinski definition) is 5. The van der Waals surface area contributed by atoms with Crippen LogP contribution in [-0.4, -0.2) is 66.6 Å². The van der Waals surface area contributed by atoms with Crippen LogP contribution in [0.15, 0.2) is 29.2 Å². The molecule has 3 rings (SSSR count). The Balaban J connectivity index is 1.65. The minimum Gasteiger partial charge on any atom is -0.497 e. The molecule has 0 saturated carbocycles. The molecule has 1 amide bonds. The Morgan fingerprint density at radius 1 is 1.10 bits per heavy atom. The Morgan fingerprint density at radius 3 is 2.24 bits per heavy atom. The molecule has 0 N–H and O–H groups in total. The fourth-order valence-corrected chi connectivity index (χ4v) is 5.49. The first-order chi connectivity index (χ1) is 13.8. The molecule has 158 valence electrons. The van der Waals surface area contributed by atoms with E-state index in [1.807, 2.05) is 31.2 Å². The second kappa shape index (κ2) is 8.54. The van der Waals surface area contributed by atoms with Gasteiger partial charge in [-0.25, -0.2) is 8.42 Å². The zero-order valence-electron chi connectivity index (χ0n) is 17.4. The van der Waals surface area contributed by atoms with Crippen LogP contribution in [-0.2, 0) is 27.8 Å². The van der Waals surface area contributed by atoms with Crippen LogP contribution in [0, 0.1) is 13.8 Å². The molecule has 1 aromatic heterocycles. The standard InChI is InChI=1S/C20H28N4O4S/c1-5-24-16(3)20(15(2)21-24)29(26,27)23-12-10-22(11-13-23)19(25)14-17-6-8-18(28-4)9-7-17/h6-9H,5,10-14H2,1-4H3. The summed E-state index contributed by atoms with van der Waals surface area (Å²) in [5, 5.41) is 4.33. The van der Waals surface area contributed by atoms with E-state index in [0.717, 1.165) is 11.3 Å². The predicted molar refractivity (Wildman–Crippen MR) is 109 cm³/mol. The van der Waals surface area contributed by atoms with Crippen molar-refractivity contribution in [1.82, 2.24) is 19.0 Å². The van der Waals surface area contributed by atoms with Crippen molar-refractivity contribution in [3.05, 3.63) is 41.2 Å². The summed E-state index contributed by atoms with van der Waals surface area (Å²) in [5.41, 5.74) is 2.08. The van der Waals surface area contributed by atoms with Crippen LogP contribution < -0.4 is 4.74 Å². The summed E-state index contributed by atoms with van der Waals surface area (Å²) in [6.45, 7) is 7.40. The van der Waals surface area contributed by atoms with E-state index in [1.165, 1.54) is 4.31 Å². The molecule has 0 radical (unpaired) electrons. The summed E-state index contributed by atoms with van der Waals surface area (Å²) < 4.78 is 34.6. The normalized spacial score (nSPS) is 15.5. The van der Waals surface area contributed by atoms with E-state index in [2.05, 4.69) is 5.10 Å². The highest BCUT2D eigenvalue weighted by Gasteiger charge is 2.34. The summed E-state index contributed by atoms with van der Waals surface area (Å²) in [6, 6.07) is 7.39. The number of nitrogens with zero attached hydrogens (tertiary/aromatic N) is 4. The highest BCUT2D eigenvalue weighted by Crippen LogP contribution is 2.24. The fraction of sp³-hybridized carbons (Fsp3) is 0.500. The van der Waals surface area contributed by atoms with Crippen LogP contribution in [0.5, 0.6) is 5.75 Å². The van der Waals surface area contributed by atoms with Crippen LogP contribution in [0.1, 0.15) is 23.9 Å². The van der Waals surface area contributed by atoms with Crippen molar-refractivity contribution in [3.63, 3.8) is 0 Å². The van der Waals surface area contributed by atoms with Gasteiger partial charge in [0.25, 0.3) is 0 Å². The van der Waals surface area contributed by atoms with Gasteiger partial charge in [-0.15, -0.1) is 0 Å². The third kappa shape index (κ3) is 4.30. The Morgan fingerprint density at radius 2 is 1.72 bits per heavy atom. The van der Waals surface area contributed by atoms with Gasteiger partial charge >= 0.3 is 0 Å². The summed E-state index contributed by atoms with van der Waals surface area (Å²) in [5.74, 6) is 0.746. The maximum atomic E-state index is 13.1. The lowest BCUT2D eigenvalue weighted by molar-refractivity contribution is -0.131. The average Bonchev–Trinajstić information content (AvgIpc) is 3.02. The molecular weight excluding hydrogens is 392 g/mol. The van der Waals surface area contributed by atoms with Gasteiger partial charge in [-0.05, 0) is 38.5 Å². The van der Waals surface area contributed by atoms with Crippen molar-refractivity contribution in [2.45, 2.75) is 38.6 Å². The lowest BCUT2D eigenvalue weighted by atomic mass is 10.1. The maximum absolute atomic E-state index is 13.1. The van der Waals surface area contributed by atoms with Crippen molar-refractivity contribution in [1.29, 1.82) is 0 Å². The summed E-state index contributed by atoms with van der Waals surface area (Å²) in [4.78, 5) is 14.6. The first-order valence-corrected chi connectivity index (χ1v) is 11.2. The SMILES string of the molecule is CCn1nc(C)c(S(=O)(=O)N2CCN(C(=O)Cc3ccc(OC)cc3)CC2)c1C. The number of ether oxygens (including phenoxy) is 1. The van der Waals surface area contributed by atoms with E-state index in [9.17, 15) is 13.2 Å². The van der Waals surface area contributed by atoms with Gasteiger partial charge in [-0.3, -0.25) is 9.48 Å². The number of rotatable bonds is 6. The molecular formula is C20H28N4O4S. The smallest absolute Gasteiger partial charge is 0.246 e. The average molecular weight is 421 g/mol. The Hall–Kier alpha value is -2.39. The number of methoxy groups -OCH3 is 1. The topological polar surface area (TPSA) is 84.7 Å². The number of benzene rings is 1. The number of hydrogen-bond donors (Lipinski definition) is 0. The summed E-state index contributed by atoms with van der Waals surface area (Å²) >= 11 is 0. The van der Waals surface area contributed by atoms with Crippen molar-refractivity contribution in [3.8, 4) is 5.75 Å². The molecule has 9 heteroatoms. The zero-order chi connectivity index (χ0) is 21.2. The quantitative estimate of drug-likeness (QED) is 0.709. The van der Waals surface area contributed by atoms with Gasteiger partial charge < -0.3 is 9.64 Å². The first kappa shape index (κ1) is 21.3. The van der Waals surface area contributed by atoms with E-state index in [-0.39, 0.29) is 30.3 Å². The molecule has 0 aliphatic carbocycles. The molecule has 2 heterocycles. The van der Waals surface area contributed by atoms with Crippen LogP contribution in [0.4, 0.5) is 0 Å². The monoisotopic (exact) mass is 420 g/mol. The molecule has 1 aliphatic heterocycles. The predicted octanol–water partition coefficient (Wildman–Crippen LogP) is 1.60. The van der Waals surface area contributed by atoms with E-state index < -0.39 is 10.0 Å². The lowest BCUT2D eigenvalue weighted by Gasteiger charge is -2.34. The number of sulfonamides is 1. The zero-order valence-corrected chi connectivity index (χ0v) is 18.2. The minimum absolute atomic E-state index is 0.00150. The number of carbonyl (C=O) groups excluding carboxylic acids is 1. The van der Waals surface area contributed by atoms with Crippen LogP contribution in [0.3, 0.4) is 0 Å². The van der Waals surface area contributed by atoms with Crippen LogP contribution in [0.25, 0.3) is 0 Å². The van der Waals surface area contributed by atoms with E-state index >= 15 is 0 Å². The van der Waals surface area contributed by atoms with Crippen molar-refractivity contribution in [2.75, 3.05) is 33.3 Å². The highest BCUT2D eigenvalue weighted by molar-refractivity contribution is 7.89. The molecule has 0 atom stereocenters. The van der Waals surface area contributed by atoms with Crippen molar-refractivity contribution >= 4 is 15.9 Å².